The quantitative estimate of drug-likeness (QED) is 0.651. The zero-order valence-corrected chi connectivity index (χ0v) is 13.2. The summed E-state index contributed by atoms with van der Waals surface area (Å²) in [4.78, 5) is 0. The number of rotatable bonds is 11. The molecule has 2 N–H and O–H groups in total. The van der Waals surface area contributed by atoms with Crippen LogP contribution >= 0.6 is 0 Å². The minimum atomic E-state index is -0.556. The van der Waals surface area contributed by atoms with E-state index in [4.69, 9.17) is 14.2 Å². The fraction of sp³-hybridized carbons (Fsp3) is 0.625. The van der Waals surface area contributed by atoms with Crippen molar-refractivity contribution in [3.8, 4) is 0 Å². The molecule has 5 heteroatoms. The fourth-order valence-corrected chi connectivity index (χ4v) is 1.97. The maximum absolute atomic E-state index is 9.94. The molecule has 5 nitrogen and oxygen atoms in total. The van der Waals surface area contributed by atoms with Gasteiger partial charge in [0.2, 0.25) is 0 Å². The maximum atomic E-state index is 9.94. The molecule has 1 aromatic rings. The van der Waals surface area contributed by atoms with E-state index in [0.29, 0.717) is 19.8 Å². The molecule has 0 aliphatic heterocycles. The molecule has 1 rings (SSSR count). The van der Waals surface area contributed by atoms with Crippen molar-refractivity contribution in [1.29, 1.82) is 0 Å². The summed E-state index contributed by atoms with van der Waals surface area (Å²) in [5.74, 6) is 0. The Morgan fingerprint density at radius 1 is 1.14 bits per heavy atom. The van der Waals surface area contributed by atoms with Crippen molar-refractivity contribution in [3.05, 3.63) is 29.8 Å². The molecule has 2 unspecified atom stereocenters. The molecule has 120 valence electrons. The second kappa shape index (κ2) is 10.6. The van der Waals surface area contributed by atoms with Gasteiger partial charge >= 0.3 is 0 Å². The van der Waals surface area contributed by atoms with Crippen molar-refractivity contribution in [2.24, 2.45) is 0 Å². The van der Waals surface area contributed by atoms with Gasteiger partial charge in [0.1, 0.15) is 0 Å². The van der Waals surface area contributed by atoms with E-state index in [9.17, 15) is 5.11 Å². The first-order valence-corrected chi connectivity index (χ1v) is 7.26. The van der Waals surface area contributed by atoms with Gasteiger partial charge in [-0.2, -0.15) is 0 Å². The predicted molar refractivity (Wildman–Crippen MR) is 83.8 cm³/mol. The first-order chi connectivity index (χ1) is 10.2. The van der Waals surface area contributed by atoms with E-state index in [0.717, 1.165) is 12.1 Å². The normalized spacial score (nSPS) is 13.9. The number of hydrogen-bond donors (Lipinski definition) is 2. The van der Waals surface area contributed by atoms with Crippen molar-refractivity contribution in [1.82, 2.24) is 0 Å². The van der Waals surface area contributed by atoms with Crippen molar-refractivity contribution in [2.45, 2.75) is 25.6 Å². The van der Waals surface area contributed by atoms with Crippen molar-refractivity contribution < 1.29 is 19.3 Å². The van der Waals surface area contributed by atoms with Gasteiger partial charge in [0.05, 0.1) is 32.0 Å². The molecule has 0 aliphatic carbocycles. The summed E-state index contributed by atoms with van der Waals surface area (Å²) in [5, 5.41) is 13.2. The monoisotopic (exact) mass is 297 g/mol. The van der Waals surface area contributed by atoms with Gasteiger partial charge in [-0.1, -0.05) is 18.2 Å². The molecule has 0 saturated heterocycles. The Bertz CT molecular complexity index is 386. The highest BCUT2D eigenvalue weighted by molar-refractivity contribution is 5.51. The van der Waals surface area contributed by atoms with Crippen LogP contribution in [0.15, 0.2) is 24.3 Å². The molecule has 0 bridgehead atoms. The van der Waals surface area contributed by atoms with E-state index < -0.39 is 6.10 Å². The lowest BCUT2D eigenvalue weighted by atomic mass is 10.1. The van der Waals surface area contributed by atoms with Gasteiger partial charge in [0, 0.05) is 26.5 Å². The third-order valence-corrected chi connectivity index (χ3v) is 3.10. The minimum absolute atomic E-state index is 0.0151. The van der Waals surface area contributed by atoms with Crippen LogP contribution in [0, 0.1) is 0 Å². The molecule has 0 aromatic heterocycles. The second-order valence-electron chi connectivity index (χ2n) is 5.03. The van der Waals surface area contributed by atoms with E-state index in [1.54, 1.807) is 14.2 Å². The van der Waals surface area contributed by atoms with Crippen LogP contribution in [-0.2, 0) is 20.6 Å². The van der Waals surface area contributed by atoms with E-state index in [2.05, 4.69) is 11.4 Å². The molecule has 0 amide bonds. The molecular weight excluding hydrogens is 270 g/mol. The van der Waals surface area contributed by atoms with Crippen LogP contribution in [0.2, 0.25) is 0 Å². The lowest BCUT2D eigenvalue weighted by Gasteiger charge is -2.18. The summed E-state index contributed by atoms with van der Waals surface area (Å²) in [6.07, 6.45) is 0.273. The predicted octanol–water partition coefficient (Wildman–Crippen LogP) is 1.70. The standard InChI is InChI=1S/C16H27NO4/c1-13(11-20-3)21-12-15(18)10-17-16-7-5-4-6-14(16)8-9-19-2/h4-7,13,15,17-18H,8-12H2,1-3H3. The number of anilines is 1. The number of aliphatic hydroxyl groups is 1. The molecule has 0 radical (unpaired) electrons. The van der Waals surface area contributed by atoms with Gasteiger partial charge in [-0.15, -0.1) is 0 Å². The Kier molecular flexibility index (Phi) is 9.01. The highest BCUT2D eigenvalue weighted by Gasteiger charge is 2.09. The van der Waals surface area contributed by atoms with Crippen LogP contribution in [0.1, 0.15) is 12.5 Å². The maximum Gasteiger partial charge on any atom is 0.0945 e. The molecule has 0 spiro atoms. The molecule has 0 fully saturated rings. The second-order valence-corrected chi connectivity index (χ2v) is 5.03. The Hall–Kier alpha value is -1.14. The summed E-state index contributed by atoms with van der Waals surface area (Å²) in [6.45, 7) is 3.87. The summed E-state index contributed by atoms with van der Waals surface area (Å²) in [5.41, 5.74) is 2.21. The van der Waals surface area contributed by atoms with Crippen molar-refractivity contribution in [2.75, 3.05) is 45.9 Å². The van der Waals surface area contributed by atoms with E-state index >= 15 is 0 Å². The van der Waals surface area contributed by atoms with Crippen molar-refractivity contribution >= 4 is 5.69 Å². The van der Waals surface area contributed by atoms with Gasteiger partial charge < -0.3 is 24.6 Å². The molecule has 21 heavy (non-hydrogen) atoms. The first kappa shape index (κ1) is 17.9. The number of aliphatic hydroxyl groups excluding tert-OH is 1. The van der Waals surface area contributed by atoms with Crippen LogP contribution in [0.4, 0.5) is 5.69 Å². The lowest BCUT2D eigenvalue weighted by molar-refractivity contribution is -0.0282. The summed E-state index contributed by atoms with van der Waals surface area (Å²) in [7, 11) is 3.33. The van der Waals surface area contributed by atoms with E-state index in [1.807, 2.05) is 25.1 Å². The molecule has 2 atom stereocenters. The summed E-state index contributed by atoms with van der Waals surface area (Å²) >= 11 is 0. The number of nitrogens with one attached hydrogen (secondary N) is 1. The van der Waals surface area contributed by atoms with Crippen LogP contribution in [-0.4, -0.2) is 57.9 Å². The highest BCUT2D eigenvalue weighted by Crippen LogP contribution is 2.15. The van der Waals surface area contributed by atoms with Gasteiger partial charge in [-0.05, 0) is 25.0 Å². The Morgan fingerprint density at radius 2 is 1.90 bits per heavy atom. The van der Waals surface area contributed by atoms with Crippen LogP contribution in [0.25, 0.3) is 0 Å². The largest absolute Gasteiger partial charge is 0.389 e. The number of methoxy groups -OCH3 is 2. The van der Waals surface area contributed by atoms with Crippen LogP contribution < -0.4 is 5.32 Å². The van der Waals surface area contributed by atoms with Gasteiger partial charge in [0.25, 0.3) is 0 Å². The minimum Gasteiger partial charge on any atom is -0.389 e. The number of hydrogen-bond acceptors (Lipinski definition) is 5. The Balaban J connectivity index is 2.36. The highest BCUT2D eigenvalue weighted by atomic mass is 16.5. The third-order valence-electron chi connectivity index (χ3n) is 3.10. The average Bonchev–Trinajstić information content (AvgIpc) is 2.50. The average molecular weight is 297 g/mol. The smallest absolute Gasteiger partial charge is 0.0945 e. The third kappa shape index (κ3) is 7.43. The summed E-state index contributed by atoms with van der Waals surface area (Å²) < 4.78 is 15.6. The first-order valence-electron chi connectivity index (χ1n) is 7.26. The fourth-order valence-electron chi connectivity index (χ4n) is 1.97. The van der Waals surface area contributed by atoms with Gasteiger partial charge in [-0.25, -0.2) is 0 Å². The number of ether oxygens (including phenoxy) is 3. The van der Waals surface area contributed by atoms with E-state index in [1.165, 1.54) is 5.56 Å². The van der Waals surface area contributed by atoms with Crippen LogP contribution in [0.5, 0.6) is 0 Å². The molecule has 1 aromatic carbocycles. The zero-order chi connectivity index (χ0) is 15.5. The Morgan fingerprint density at radius 3 is 2.62 bits per heavy atom. The SMILES string of the molecule is COCCc1ccccc1NCC(O)COC(C)COC. The van der Waals surface area contributed by atoms with Crippen molar-refractivity contribution in [3.63, 3.8) is 0 Å². The van der Waals surface area contributed by atoms with Crippen LogP contribution in [0.3, 0.4) is 0 Å². The van der Waals surface area contributed by atoms with Gasteiger partial charge in [0.15, 0.2) is 0 Å². The molecule has 0 saturated carbocycles. The Labute approximate surface area is 127 Å². The topological polar surface area (TPSA) is 60.0 Å². The zero-order valence-electron chi connectivity index (χ0n) is 13.2. The van der Waals surface area contributed by atoms with Gasteiger partial charge in [-0.3, -0.25) is 0 Å². The number of benzene rings is 1. The summed E-state index contributed by atoms with van der Waals surface area (Å²) in [6, 6.07) is 8.04. The number of para-hydroxylation sites is 1. The van der Waals surface area contributed by atoms with E-state index in [-0.39, 0.29) is 12.7 Å². The lowest BCUT2D eigenvalue weighted by Crippen LogP contribution is -2.28. The molecular formula is C16H27NO4. The molecule has 0 heterocycles. The molecule has 0 aliphatic rings.